The van der Waals surface area contributed by atoms with Crippen molar-refractivity contribution in [2.24, 2.45) is 5.92 Å². The normalized spacial score (nSPS) is 18.7. The molecule has 0 spiro atoms. The van der Waals surface area contributed by atoms with Crippen LogP contribution in [0.2, 0.25) is 18.1 Å². The number of hydrogen-bond acceptors (Lipinski definition) is 5. The molecule has 2 unspecified atom stereocenters. The molecule has 1 N–H and O–H groups in total. The summed E-state index contributed by atoms with van der Waals surface area (Å²) < 4.78 is 11.4. The average molecular weight is 436 g/mol. The summed E-state index contributed by atoms with van der Waals surface area (Å²) in [5.74, 6) is 1.17. The van der Waals surface area contributed by atoms with Crippen molar-refractivity contribution in [2.75, 3.05) is 19.7 Å². The molecule has 0 radical (unpaired) electrons. The highest BCUT2D eigenvalue weighted by Gasteiger charge is 2.39. The fourth-order valence-corrected chi connectivity index (χ4v) is 4.71. The van der Waals surface area contributed by atoms with Gasteiger partial charge in [0.15, 0.2) is 0 Å². The van der Waals surface area contributed by atoms with Crippen molar-refractivity contribution in [1.82, 2.24) is 4.90 Å². The number of carbonyl (C=O) groups excluding carboxylic acids is 1. The van der Waals surface area contributed by atoms with Crippen LogP contribution in [0.4, 0.5) is 0 Å². The van der Waals surface area contributed by atoms with Crippen LogP contribution in [0.5, 0.6) is 5.75 Å². The largest absolute Gasteiger partial charge is 0.544 e. The van der Waals surface area contributed by atoms with Gasteiger partial charge in [-0.15, -0.1) is 0 Å². The van der Waals surface area contributed by atoms with Crippen LogP contribution in [0.25, 0.3) is 0 Å². The van der Waals surface area contributed by atoms with Crippen molar-refractivity contribution >= 4 is 14.3 Å². The van der Waals surface area contributed by atoms with E-state index in [1.165, 1.54) is 0 Å². The third-order valence-corrected chi connectivity index (χ3v) is 11.2. The Bertz CT molecular complexity index is 675. The van der Waals surface area contributed by atoms with Gasteiger partial charge >= 0.3 is 5.97 Å². The van der Waals surface area contributed by atoms with Crippen LogP contribution in [0.3, 0.4) is 0 Å². The molecule has 0 aromatic heterocycles. The highest BCUT2D eigenvalue weighted by atomic mass is 28.4. The van der Waals surface area contributed by atoms with E-state index >= 15 is 0 Å². The molecular weight excluding hydrogens is 394 g/mol. The maximum atomic E-state index is 11.7. The van der Waals surface area contributed by atoms with Crippen LogP contribution in [0.15, 0.2) is 24.3 Å². The second-order valence-electron chi connectivity index (χ2n) is 10.1. The van der Waals surface area contributed by atoms with Gasteiger partial charge in [0.2, 0.25) is 8.32 Å². The number of nitrogens with zero attached hydrogens (tertiary/aromatic N) is 1. The van der Waals surface area contributed by atoms with Crippen molar-refractivity contribution in [3.05, 3.63) is 29.8 Å². The number of likely N-dealkylation sites (tertiary alicyclic amines) is 1. The van der Waals surface area contributed by atoms with Crippen molar-refractivity contribution in [3.8, 4) is 5.75 Å². The Kier molecular flexibility index (Phi) is 8.54. The van der Waals surface area contributed by atoms with Crippen molar-refractivity contribution in [1.29, 1.82) is 0 Å². The SMILES string of the molecule is CCOC(=O)CC1CCN(C(C)C(O)c2ccc(O[Si](C)(C)C(C)(C)C)cc2)CC1. The lowest BCUT2D eigenvalue weighted by molar-refractivity contribution is -0.144. The van der Waals surface area contributed by atoms with Gasteiger partial charge < -0.3 is 14.3 Å². The molecular formula is C24H41NO4Si. The zero-order valence-corrected chi connectivity index (χ0v) is 20.9. The summed E-state index contributed by atoms with van der Waals surface area (Å²) >= 11 is 0. The van der Waals surface area contributed by atoms with E-state index in [9.17, 15) is 9.90 Å². The number of aliphatic hydroxyl groups is 1. The smallest absolute Gasteiger partial charge is 0.306 e. The number of benzene rings is 1. The molecule has 30 heavy (non-hydrogen) atoms. The van der Waals surface area contributed by atoms with Crippen LogP contribution >= 0.6 is 0 Å². The van der Waals surface area contributed by atoms with E-state index < -0.39 is 14.4 Å². The van der Waals surface area contributed by atoms with E-state index in [-0.39, 0.29) is 17.0 Å². The Morgan fingerprint density at radius 2 is 1.77 bits per heavy atom. The number of carbonyl (C=O) groups is 1. The average Bonchev–Trinajstić information content (AvgIpc) is 2.67. The molecule has 170 valence electrons. The Balaban J connectivity index is 1.91. The first kappa shape index (κ1) is 24.9. The summed E-state index contributed by atoms with van der Waals surface area (Å²) in [6.45, 7) is 17.3. The summed E-state index contributed by atoms with van der Waals surface area (Å²) in [5.41, 5.74) is 0.915. The van der Waals surface area contributed by atoms with E-state index in [1.54, 1.807) is 0 Å². The fraction of sp³-hybridized carbons (Fsp3) is 0.708. The Morgan fingerprint density at radius 1 is 1.20 bits per heavy atom. The molecule has 2 rings (SSSR count). The van der Waals surface area contributed by atoms with Gasteiger partial charge in [-0.3, -0.25) is 9.69 Å². The molecule has 1 aromatic carbocycles. The first-order valence-corrected chi connectivity index (χ1v) is 14.2. The summed E-state index contributed by atoms with van der Waals surface area (Å²) in [6.07, 6.45) is 1.90. The Labute approximate surface area is 183 Å². The van der Waals surface area contributed by atoms with Gasteiger partial charge in [-0.2, -0.15) is 0 Å². The molecule has 2 atom stereocenters. The lowest BCUT2D eigenvalue weighted by atomic mass is 9.91. The zero-order chi connectivity index (χ0) is 22.5. The van der Waals surface area contributed by atoms with Gasteiger partial charge in [0.25, 0.3) is 0 Å². The van der Waals surface area contributed by atoms with Gasteiger partial charge in [0, 0.05) is 12.5 Å². The van der Waals surface area contributed by atoms with Crippen LogP contribution in [-0.4, -0.2) is 50.0 Å². The predicted octanol–water partition coefficient (Wildman–Crippen LogP) is 5.16. The quantitative estimate of drug-likeness (QED) is 0.451. The molecule has 0 aliphatic carbocycles. The Morgan fingerprint density at radius 3 is 2.27 bits per heavy atom. The zero-order valence-electron chi connectivity index (χ0n) is 19.9. The Hall–Kier alpha value is -1.37. The maximum Gasteiger partial charge on any atom is 0.306 e. The lowest BCUT2D eigenvalue weighted by Gasteiger charge is -2.38. The standard InChI is InChI=1S/C24H41NO4Si/c1-8-28-22(26)17-19-13-15-25(16-14-19)18(2)23(27)20-9-11-21(12-10-20)29-30(6,7)24(3,4)5/h9-12,18-19,23,27H,8,13-17H2,1-7H3. The van der Waals surface area contributed by atoms with Crippen LogP contribution in [0, 0.1) is 5.92 Å². The lowest BCUT2D eigenvalue weighted by Crippen LogP contribution is -2.44. The topological polar surface area (TPSA) is 59.0 Å². The minimum absolute atomic E-state index is 0.0284. The predicted molar refractivity (Wildman–Crippen MR) is 124 cm³/mol. The van der Waals surface area contributed by atoms with Gasteiger partial charge in [0.05, 0.1) is 12.7 Å². The minimum atomic E-state index is -1.87. The number of aliphatic hydroxyl groups excluding tert-OH is 1. The molecule has 0 bridgehead atoms. The highest BCUT2D eigenvalue weighted by molar-refractivity contribution is 6.74. The van der Waals surface area contributed by atoms with Crippen LogP contribution in [0.1, 0.15) is 65.5 Å². The summed E-state index contributed by atoms with van der Waals surface area (Å²) in [5, 5.41) is 11.1. The van der Waals surface area contributed by atoms with Gasteiger partial charge in [-0.1, -0.05) is 32.9 Å². The fourth-order valence-electron chi connectivity index (χ4n) is 3.68. The van der Waals surface area contributed by atoms with Gasteiger partial charge in [-0.05, 0) is 81.5 Å². The van der Waals surface area contributed by atoms with Gasteiger partial charge in [0.1, 0.15) is 5.75 Å². The highest BCUT2D eigenvalue weighted by Crippen LogP contribution is 2.37. The molecule has 1 aliphatic rings. The molecule has 1 saturated heterocycles. The molecule has 1 fully saturated rings. The molecule has 1 heterocycles. The molecule has 6 heteroatoms. The first-order chi connectivity index (χ1) is 13.9. The minimum Gasteiger partial charge on any atom is -0.544 e. The molecule has 0 saturated carbocycles. The number of hydrogen-bond donors (Lipinski definition) is 1. The van der Waals surface area contributed by atoms with E-state index in [4.69, 9.17) is 9.16 Å². The summed E-state index contributed by atoms with van der Waals surface area (Å²) in [4.78, 5) is 14.0. The third kappa shape index (κ3) is 6.56. The number of esters is 1. The van der Waals surface area contributed by atoms with E-state index in [0.29, 0.717) is 18.9 Å². The second kappa shape index (κ2) is 10.3. The maximum absolute atomic E-state index is 11.7. The van der Waals surface area contributed by atoms with Crippen LogP contribution in [-0.2, 0) is 9.53 Å². The number of piperidine rings is 1. The summed E-state index contributed by atoms with van der Waals surface area (Å²) in [6, 6.07) is 7.96. The molecule has 1 aliphatic heterocycles. The van der Waals surface area contributed by atoms with E-state index in [2.05, 4.69) is 45.7 Å². The molecule has 5 nitrogen and oxygen atoms in total. The monoisotopic (exact) mass is 435 g/mol. The molecule has 1 aromatic rings. The van der Waals surface area contributed by atoms with Crippen molar-refractivity contribution in [3.63, 3.8) is 0 Å². The van der Waals surface area contributed by atoms with Crippen LogP contribution < -0.4 is 4.43 Å². The number of ether oxygens (including phenoxy) is 1. The number of rotatable bonds is 8. The first-order valence-electron chi connectivity index (χ1n) is 11.3. The third-order valence-electron chi connectivity index (χ3n) is 6.84. The van der Waals surface area contributed by atoms with Crippen molar-refractivity contribution < 1.29 is 19.1 Å². The second-order valence-corrected chi connectivity index (χ2v) is 14.8. The van der Waals surface area contributed by atoms with Gasteiger partial charge in [-0.25, -0.2) is 0 Å². The van der Waals surface area contributed by atoms with Crippen molar-refractivity contribution in [2.45, 2.75) is 84.2 Å². The van der Waals surface area contributed by atoms with E-state index in [0.717, 1.165) is 37.2 Å². The summed E-state index contributed by atoms with van der Waals surface area (Å²) in [7, 11) is -1.87. The van der Waals surface area contributed by atoms with E-state index in [1.807, 2.05) is 31.2 Å². The molecule has 0 amide bonds.